The van der Waals surface area contributed by atoms with Gasteiger partial charge in [0, 0.05) is 13.1 Å². The predicted molar refractivity (Wildman–Crippen MR) is 89.8 cm³/mol. The van der Waals surface area contributed by atoms with Gasteiger partial charge in [-0.2, -0.15) is 4.31 Å². The molecule has 0 saturated carbocycles. The molecular formula is C18H20FNO3S. The fraction of sp³-hybridized carbons (Fsp3) is 0.333. The third-order valence-electron chi connectivity index (χ3n) is 4.25. The van der Waals surface area contributed by atoms with Crippen LogP contribution in [0.2, 0.25) is 0 Å². The largest absolute Gasteiger partial charge is 0.493 e. The lowest BCUT2D eigenvalue weighted by Crippen LogP contribution is -2.39. The molecular weight excluding hydrogens is 329 g/mol. The smallest absolute Gasteiger partial charge is 0.243 e. The first-order valence-electron chi connectivity index (χ1n) is 7.99. The molecule has 0 bridgehead atoms. The maximum Gasteiger partial charge on any atom is 0.243 e. The van der Waals surface area contributed by atoms with Crippen LogP contribution in [0.25, 0.3) is 0 Å². The number of sulfonamides is 1. The molecule has 2 aromatic carbocycles. The minimum atomic E-state index is -3.41. The van der Waals surface area contributed by atoms with E-state index in [0.29, 0.717) is 36.3 Å². The van der Waals surface area contributed by atoms with Crippen LogP contribution < -0.4 is 4.74 Å². The molecule has 1 aliphatic heterocycles. The summed E-state index contributed by atoms with van der Waals surface area (Å²) in [6.07, 6.45) is 1.51. The van der Waals surface area contributed by atoms with E-state index in [0.717, 1.165) is 12.8 Å². The summed E-state index contributed by atoms with van der Waals surface area (Å²) in [6, 6.07) is 14.5. The molecule has 0 unspecified atom stereocenters. The Bertz CT molecular complexity index is 755. The summed E-state index contributed by atoms with van der Waals surface area (Å²) in [4.78, 5) is 0.339. The first kappa shape index (κ1) is 16.9. The third-order valence-corrected chi connectivity index (χ3v) is 6.17. The van der Waals surface area contributed by atoms with E-state index in [4.69, 9.17) is 4.74 Å². The zero-order valence-electron chi connectivity index (χ0n) is 13.3. The molecule has 128 valence electrons. The van der Waals surface area contributed by atoms with Crippen LogP contribution in [-0.4, -0.2) is 32.4 Å². The molecule has 0 amide bonds. The summed E-state index contributed by atoms with van der Waals surface area (Å²) in [5.74, 6) is 0.648. The van der Waals surface area contributed by atoms with Gasteiger partial charge >= 0.3 is 0 Å². The van der Waals surface area contributed by atoms with Crippen molar-refractivity contribution in [2.24, 2.45) is 5.92 Å². The van der Waals surface area contributed by atoms with Crippen molar-refractivity contribution in [3.8, 4) is 5.75 Å². The third kappa shape index (κ3) is 3.94. The van der Waals surface area contributed by atoms with E-state index in [-0.39, 0.29) is 5.82 Å². The lowest BCUT2D eigenvalue weighted by Gasteiger charge is -2.31. The fourth-order valence-corrected chi connectivity index (χ4v) is 4.29. The fourth-order valence-electron chi connectivity index (χ4n) is 2.80. The van der Waals surface area contributed by atoms with E-state index in [1.54, 1.807) is 42.5 Å². The van der Waals surface area contributed by atoms with Crippen LogP contribution in [0.3, 0.4) is 0 Å². The molecule has 6 heteroatoms. The molecule has 4 nitrogen and oxygen atoms in total. The Morgan fingerprint density at radius 1 is 1.00 bits per heavy atom. The predicted octanol–water partition coefficient (Wildman–Crippen LogP) is 3.31. The second kappa shape index (κ2) is 7.32. The molecule has 1 heterocycles. The summed E-state index contributed by atoms with van der Waals surface area (Å²) < 4.78 is 45.2. The molecule has 0 spiro atoms. The normalized spacial score (nSPS) is 16.9. The van der Waals surface area contributed by atoms with Crippen LogP contribution in [0.1, 0.15) is 12.8 Å². The van der Waals surface area contributed by atoms with Gasteiger partial charge in [-0.1, -0.05) is 18.2 Å². The Kier molecular flexibility index (Phi) is 5.16. The quantitative estimate of drug-likeness (QED) is 0.832. The molecule has 0 N–H and O–H groups in total. The lowest BCUT2D eigenvalue weighted by molar-refractivity contribution is 0.185. The Hall–Kier alpha value is -1.92. The highest BCUT2D eigenvalue weighted by atomic mass is 32.2. The standard InChI is InChI=1S/C18H20FNO3S/c19-16-6-8-17(9-7-16)23-14-15-10-12-20(13-11-15)24(21,22)18-4-2-1-3-5-18/h1-9,15H,10-14H2. The summed E-state index contributed by atoms with van der Waals surface area (Å²) in [7, 11) is -3.41. The van der Waals surface area contributed by atoms with Gasteiger partial charge in [-0.3, -0.25) is 0 Å². The average Bonchev–Trinajstić information content (AvgIpc) is 2.62. The van der Waals surface area contributed by atoms with Crippen molar-refractivity contribution in [2.45, 2.75) is 17.7 Å². The van der Waals surface area contributed by atoms with Crippen molar-refractivity contribution in [1.29, 1.82) is 0 Å². The highest BCUT2D eigenvalue weighted by Crippen LogP contribution is 2.24. The number of benzene rings is 2. The number of ether oxygens (including phenoxy) is 1. The number of hydrogen-bond acceptors (Lipinski definition) is 3. The number of rotatable bonds is 5. The summed E-state index contributed by atoms with van der Waals surface area (Å²) in [5, 5.41) is 0. The maximum atomic E-state index is 12.9. The van der Waals surface area contributed by atoms with Crippen LogP contribution in [0.5, 0.6) is 5.75 Å². The van der Waals surface area contributed by atoms with Gasteiger partial charge in [-0.25, -0.2) is 12.8 Å². The zero-order valence-corrected chi connectivity index (χ0v) is 14.1. The van der Waals surface area contributed by atoms with Gasteiger partial charge < -0.3 is 4.74 Å². The van der Waals surface area contributed by atoms with Crippen molar-refractivity contribution in [3.63, 3.8) is 0 Å². The van der Waals surface area contributed by atoms with E-state index in [2.05, 4.69) is 0 Å². The lowest BCUT2D eigenvalue weighted by atomic mass is 9.99. The van der Waals surface area contributed by atoms with Crippen LogP contribution in [-0.2, 0) is 10.0 Å². The Morgan fingerprint density at radius 2 is 1.62 bits per heavy atom. The van der Waals surface area contributed by atoms with Crippen molar-refractivity contribution < 1.29 is 17.5 Å². The van der Waals surface area contributed by atoms with Crippen LogP contribution >= 0.6 is 0 Å². The Morgan fingerprint density at radius 3 is 2.25 bits per heavy atom. The molecule has 0 radical (unpaired) electrons. The number of halogens is 1. The van der Waals surface area contributed by atoms with E-state index >= 15 is 0 Å². The van der Waals surface area contributed by atoms with E-state index in [1.165, 1.54) is 16.4 Å². The molecule has 0 aromatic heterocycles. The van der Waals surface area contributed by atoms with E-state index in [1.807, 2.05) is 0 Å². The first-order valence-corrected chi connectivity index (χ1v) is 9.43. The number of nitrogens with zero attached hydrogens (tertiary/aromatic N) is 1. The number of hydrogen-bond donors (Lipinski definition) is 0. The highest BCUT2D eigenvalue weighted by molar-refractivity contribution is 7.89. The van der Waals surface area contributed by atoms with Gasteiger partial charge in [-0.15, -0.1) is 0 Å². The molecule has 1 aliphatic rings. The second-order valence-corrected chi connectivity index (χ2v) is 7.86. The first-order chi connectivity index (χ1) is 11.6. The van der Waals surface area contributed by atoms with Gasteiger partial charge in [0.1, 0.15) is 11.6 Å². The van der Waals surface area contributed by atoms with Gasteiger partial charge in [0.15, 0.2) is 0 Å². The molecule has 1 saturated heterocycles. The maximum absolute atomic E-state index is 12.9. The summed E-state index contributed by atoms with van der Waals surface area (Å²) in [5.41, 5.74) is 0. The van der Waals surface area contributed by atoms with Crippen molar-refractivity contribution >= 4 is 10.0 Å². The van der Waals surface area contributed by atoms with Gasteiger partial charge in [0.25, 0.3) is 0 Å². The monoisotopic (exact) mass is 349 g/mol. The number of piperidine rings is 1. The minimum Gasteiger partial charge on any atom is -0.493 e. The molecule has 1 fully saturated rings. The van der Waals surface area contributed by atoms with E-state index in [9.17, 15) is 12.8 Å². The van der Waals surface area contributed by atoms with Crippen LogP contribution in [0.4, 0.5) is 4.39 Å². The average molecular weight is 349 g/mol. The topological polar surface area (TPSA) is 46.6 Å². The molecule has 2 aromatic rings. The second-order valence-electron chi connectivity index (χ2n) is 5.93. The molecule has 0 atom stereocenters. The highest BCUT2D eigenvalue weighted by Gasteiger charge is 2.29. The van der Waals surface area contributed by atoms with Gasteiger partial charge in [-0.05, 0) is 55.2 Å². The van der Waals surface area contributed by atoms with Crippen LogP contribution in [0.15, 0.2) is 59.5 Å². The summed E-state index contributed by atoms with van der Waals surface area (Å²) in [6.45, 7) is 1.51. The van der Waals surface area contributed by atoms with Crippen molar-refractivity contribution in [1.82, 2.24) is 4.31 Å². The van der Waals surface area contributed by atoms with Crippen molar-refractivity contribution in [2.75, 3.05) is 19.7 Å². The molecule has 3 rings (SSSR count). The van der Waals surface area contributed by atoms with E-state index < -0.39 is 10.0 Å². The van der Waals surface area contributed by atoms with Crippen molar-refractivity contribution in [3.05, 3.63) is 60.4 Å². The summed E-state index contributed by atoms with van der Waals surface area (Å²) >= 11 is 0. The molecule has 24 heavy (non-hydrogen) atoms. The Balaban J connectivity index is 1.53. The Labute approximate surface area is 141 Å². The minimum absolute atomic E-state index is 0.290. The zero-order chi connectivity index (χ0) is 17.0. The van der Waals surface area contributed by atoms with Gasteiger partial charge in [0.2, 0.25) is 10.0 Å². The SMILES string of the molecule is O=S(=O)(c1ccccc1)N1CCC(COc2ccc(F)cc2)CC1. The molecule has 0 aliphatic carbocycles. The van der Waals surface area contributed by atoms with Crippen LogP contribution in [0, 0.1) is 11.7 Å². The van der Waals surface area contributed by atoms with Gasteiger partial charge in [0.05, 0.1) is 11.5 Å².